The van der Waals surface area contributed by atoms with Crippen LogP contribution < -0.4 is 10.6 Å². The number of aliphatic hydroxyl groups is 1. The van der Waals surface area contributed by atoms with E-state index in [2.05, 4.69) is 20.5 Å². The molecule has 28 heavy (non-hydrogen) atoms. The van der Waals surface area contributed by atoms with E-state index < -0.39 is 9.84 Å². The van der Waals surface area contributed by atoms with Gasteiger partial charge in [-0.1, -0.05) is 12.1 Å². The van der Waals surface area contributed by atoms with Gasteiger partial charge in [0.05, 0.1) is 11.0 Å². The second-order valence-electron chi connectivity index (χ2n) is 7.28. The zero-order valence-electron chi connectivity index (χ0n) is 17.0. The number of nitrogens with zero attached hydrogens (tertiary/aromatic N) is 2. The fourth-order valence-corrected chi connectivity index (χ4v) is 3.83. The van der Waals surface area contributed by atoms with Gasteiger partial charge in [-0.25, -0.2) is 8.42 Å². The first kappa shape index (κ1) is 22.6. The topological polar surface area (TPSA) is 94.0 Å². The van der Waals surface area contributed by atoms with Crippen LogP contribution >= 0.6 is 0 Å². The lowest BCUT2D eigenvalue weighted by Gasteiger charge is -2.29. The van der Waals surface area contributed by atoms with Crippen LogP contribution in [0.1, 0.15) is 31.7 Å². The third-order valence-electron chi connectivity index (χ3n) is 4.86. The maximum Gasteiger partial charge on any atom is 0.191 e. The molecule has 1 aliphatic rings. The summed E-state index contributed by atoms with van der Waals surface area (Å²) in [5, 5.41) is 16.1. The number of likely N-dealkylation sites (tertiary alicyclic amines) is 1. The summed E-state index contributed by atoms with van der Waals surface area (Å²) < 4.78 is 23.0. The number of hydrogen-bond donors (Lipinski definition) is 3. The van der Waals surface area contributed by atoms with Crippen LogP contribution in [0.25, 0.3) is 0 Å². The standard InChI is InChI=1S/C20H34N4O3S/c1-3-21-20(22-12-4-14-24-15-10-18(25)11-16-24)23-13-9-17-5-7-19(8-6-17)28(2,26)27/h5-8,18,25H,3-4,9-16H2,1-2H3,(H2,21,22,23). The predicted molar refractivity (Wildman–Crippen MR) is 114 cm³/mol. The second kappa shape index (κ2) is 11.4. The Morgan fingerprint density at radius 2 is 1.89 bits per heavy atom. The van der Waals surface area contributed by atoms with Crippen molar-refractivity contribution in [1.82, 2.24) is 15.5 Å². The van der Waals surface area contributed by atoms with Crippen molar-refractivity contribution in [3.63, 3.8) is 0 Å². The molecule has 1 aliphatic heterocycles. The van der Waals surface area contributed by atoms with Crippen molar-refractivity contribution < 1.29 is 13.5 Å². The number of benzene rings is 1. The molecule has 2 rings (SSSR count). The highest BCUT2D eigenvalue weighted by Gasteiger charge is 2.15. The van der Waals surface area contributed by atoms with Crippen LogP contribution in [-0.4, -0.2) is 76.0 Å². The Morgan fingerprint density at radius 3 is 2.50 bits per heavy atom. The molecular weight excluding hydrogens is 376 g/mol. The summed E-state index contributed by atoms with van der Waals surface area (Å²) in [6.45, 7) is 7.30. The molecule has 0 aliphatic carbocycles. The van der Waals surface area contributed by atoms with E-state index in [1.165, 1.54) is 6.26 Å². The fraction of sp³-hybridized carbons (Fsp3) is 0.650. The van der Waals surface area contributed by atoms with Crippen LogP contribution in [-0.2, 0) is 16.3 Å². The summed E-state index contributed by atoms with van der Waals surface area (Å²) in [6.07, 6.45) is 4.64. The molecule has 8 heteroatoms. The van der Waals surface area contributed by atoms with E-state index >= 15 is 0 Å². The van der Waals surface area contributed by atoms with Crippen molar-refractivity contribution in [3.05, 3.63) is 29.8 Å². The molecule has 0 bridgehead atoms. The van der Waals surface area contributed by atoms with Crippen LogP contribution in [0.5, 0.6) is 0 Å². The minimum Gasteiger partial charge on any atom is -0.393 e. The molecule has 0 atom stereocenters. The number of guanidine groups is 1. The largest absolute Gasteiger partial charge is 0.393 e. The van der Waals surface area contributed by atoms with E-state index in [1.807, 2.05) is 19.1 Å². The van der Waals surface area contributed by atoms with Gasteiger partial charge in [0.2, 0.25) is 0 Å². The third kappa shape index (κ3) is 8.16. The van der Waals surface area contributed by atoms with Crippen molar-refractivity contribution in [3.8, 4) is 0 Å². The second-order valence-corrected chi connectivity index (χ2v) is 9.30. The smallest absolute Gasteiger partial charge is 0.191 e. The molecule has 1 aromatic rings. The molecule has 0 saturated carbocycles. The number of nitrogens with one attached hydrogen (secondary N) is 2. The van der Waals surface area contributed by atoms with Crippen LogP contribution in [0.3, 0.4) is 0 Å². The summed E-state index contributed by atoms with van der Waals surface area (Å²) in [7, 11) is -3.15. The van der Waals surface area contributed by atoms with Gasteiger partial charge in [0.25, 0.3) is 0 Å². The van der Waals surface area contributed by atoms with Gasteiger partial charge >= 0.3 is 0 Å². The van der Waals surface area contributed by atoms with E-state index in [0.717, 1.165) is 76.5 Å². The van der Waals surface area contributed by atoms with Gasteiger partial charge in [0.1, 0.15) is 0 Å². The van der Waals surface area contributed by atoms with Crippen LogP contribution in [0.2, 0.25) is 0 Å². The van der Waals surface area contributed by atoms with Crippen LogP contribution in [0, 0.1) is 0 Å². The van der Waals surface area contributed by atoms with Crippen molar-refractivity contribution >= 4 is 15.8 Å². The maximum atomic E-state index is 11.5. The Labute approximate surface area is 169 Å². The molecule has 0 radical (unpaired) electrons. The minimum atomic E-state index is -3.15. The van der Waals surface area contributed by atoms with Crippen molar-refractivity contribution in [2.45, 2.75) is 43.6 Å². The zero-order chi connectivity index (χ0) is 20.4. The lowest BCUT2D eigenvalue weighted by atomic mass is 10.1. The quantitative estimate of drug-likeness (QED) is 0.320. The first-order chi connectivity index (χ1) is 13.4. The average molecular weight is 411 g/mol. The Hall–Kier alpha value is -1.64. The fourth-order valence-electron chi connectivity index (χ4n) is 3.20. The van der Waals surface area contributed by atoms with Gasteiger partial charge in [0.15, 0.2) is 15.8 Å². The number of aliphatic imine (C=N–C) groups is 1. The number of aliphatic hydroxyl groups excluding tert-OH is 1. The molecule has 0 aromatic heterocycles. The first-order valence-electron chi connectivity index (χ1n) is 10.1. The van der Waals surface area contributed by atoms with Gasteiger partial charge in [-0.2, -0.15) is 0 Å². The molecule has 158 valence electrons. The average Bonchev–Trinajstić information content (AvgIpc) is 2.66. The van der Waals surface area contributed by atoms with Crippen molar-refractivity contribution in [2.75, 3.05) is 45.5 Å². The van der Waals surface area contributed by atoms with E-state index in [9.17, 15) is 13.5 Å². The predicted octanol–water partition coefficient (Wildman–Crippen LogP) is 1.03. The summed E-state index contributed by atoms with van der Waals surface area (Å²) in [5.41, 5.74) is 1.09. The SMILES string of the molecule is CCNC(=NCCCN1CCC(O)CC1)NCCc1ccc(S(C)(=O)=O)cc1. The normalized spacial score (nSPS) is 16.9. The van der Waals surface area contributed by atoms with Gasteiger partial charge in [-0.15, -0.1) is 0 Å². The maximum absolute atomic E-state index is 11.5. The highest BCUT2D eigenvalue weighted by Crippen LogP contribution is 2.11. The van der Waals surface area contributed by atoms with E-state index in [-0.39, 0.29) is 6.10 Å². The molecular formula is C20H34N4O3S. The summed E-state index contributed by atoms with van der Waals surface area (Å²) in [5.74, 6) is 0.810. The molecule has 0 amide bonds. The van der Waals surface area contributed by atoms with Crippen molar-refractivity contribution in [1.29, 1.82) is 0 Å². The molecule has 7 nitrogen and oxygen atoms in total. The minimum absolute atomic E-state index is 0.124. The van der Waals surface area contributed by atoms with Gasteiger partial charge in [-0.3, -0.25) is 4.99 Å². The van der Waals surface area contributed by atoms with Gasteiger partial charge in [-0.05, 0) is 56.8 Å². The molecule has 1 heterocycles. The van der Waals surface area contributed by atoms with Gasteiger partial charge < -0.3 is 20.6 Å². The number of rotatable bonds is 9. The van der Waals surface area contributed by atoms with E-state index in [1.54, 1.807) is 12.1 Å². The lowest BCUT2D eigenvalue weighted by Crippen LogP contribution is -2.39. The van der Waals surface area contributed by atoms with E-state index in [0.29, 0.717) is 4.90 Å². The lowest BCUT2D eigenvalue weighted by molar-refractivity contribution is 0.0824. The molecule has 1 fully saturated rings. The summed E-state index contributed by atoms with van der Waals surface area (Å²) >= 11 is 0. The molecule has 1 aromatic carbocycles. The van der Waals surface area contributed by atoms with Gasteiger partial charge in [0, 0.05) is 39.0 Å². The Bertz CT molecular complexity index is 711. The number of sulfone groups is 1. The molecule has 1 saturated heterocycles. The highest BCUT2D eigenvalue weighted by atomic mass is 32.2. The van der Waals surface area contributed by atoms with Crippen molar-refractivity contribution in [2.24, 2.45) is 4.99 Å². The monoisotopic (exact) mass is 410 g/mol. The third-order valence-corrected chi connectivity index (χ3v) is 5.99. The summed E-state index contributed by atoms with van der Waals surface area (Å²) in [4.78, 5) is 7.37. The molecule has 3 N–H and O–H groups in total. The Kier molecular flexibility index (Phi) is 9.21. The highest BCUT2D eigenvalue weighted by molar-refractivity contribution is 7.90. The number of piperidine rings is 1. The van der Waals surface area contributed by atoms with E-state index in [4.69, 9.17) is 0 Å². The number of hydrogen-bond acceptors (Lipinski definition) is 5. The summed E-state index contributed by atoms with van der Waals surface area (Å²) in [6, 6.07) is 7.03. The molecule has 0 unspecified atom stereocenters. The zero-order valence-corrected chi connectivity index (χ0v) is 17.8. The first-order valence-corrected chi connectivity index (χ1v) is 12.0. The Morgan fingerprint density at radius 1 is 1.21 bits per heavy atom. The molecule has 0 spiro atoms. The Balaban J connectivity index is 1.71. The van der Waals surface area contributed by atoms with Crippen LogP contribution in [0.15, 0.2) is 34.2 Å². The van der Waals surface area contributed by atoms with Crippen LogP contribution in [0.4, 0.5) is 0 Å².